The van der Waals surface area contributed by atoms with Gasteiger partial charge >= 0.3 is 0 Å². The Morgan fingerprint density at radius 2 is 1.91 bits per heavy atom. The molecule has 1 unspecified atom stereocenters. The SMILES string of the molecule is COc1ccc(-c2noc(CCCC(=O)NC(C)c3ccc4c(c3)OCCCO4)n2)cc1. The Balaban J connectivity index is 1.25. The van der Waals surface area contributed by atoms with Gasteiger partial charge in [-0.25, -0.2) is 0 Å². The number of aryl methyl sites for hydroxylation is 1. The van der Waals surface area contributed by atoms with Gasteiger partial charge in [-0.3, -0.25) is 4.79 Å². The number of benzene rings is 2. The maximum absolute atomic E-state index is 12.4. The zero-order valence-corrected chi connectivity index (χ0v) is 18.3. The lowest BCUT2D eigenvalue weighted by Crippen LogP contribution is -2.26. The number of carbonyl (C=O) groups excluding carboxylic acids is 1. The first-order valence-corrected chi connectivity index (χ1v) is 10.8. The Hall–Kier alpha value is -3.55. The molecule has 0 bridgehead atoms. The van der Waals surface area contributed by atoms with E-state index in [1.807, 2.05) is 49.4 Å². The van der Waals surface area contributed by atoms with Crippen LogP contribution in [0.25, 0.3) is 11.4 Å². The number of methoxy groups -OCH3 is 1. The molecule has 1 aliphatic rings. The molecule has 32 heavy (non-hydrogen) atoms. The molecule has 0 spiro atoms. The average molecular weight is 437 g/mol. The molecule has 3 aromatic rings. The fraction of sp³-hybridized carbons (Fsp3) is 0.375. The number of amides is 1. The number of fused-ring (bicyclic) bond motifs is 1. The number of nitrogens with one attached hydrogen (secondary N) is 1. The molecule has 8 nitrogen and oxygen atoms in total. The summed E-state index contributed by atoms with van der Waals surface area (Å²) in [6.45, 7) is 3.24. The number of ether oxygens (including phenoxy) is 3. The summed E-state index contributed by atoms with van der Waals surface area (Å²) < 4.78 is 21.9. The summed E-state index contributed by atoms with van der Waals surface area (Å²) in [5.74, 6) is 3.25. The molecule has 1 atom stereocenters. The standard InChI is InChI=1S/C24H27N3O5/c1-16(18-9-12-20-21(15-18)31-14-4-13-30-20)25-22(28)5-3-6-23-26-24(27-32-23)17-7-10-19(29-2)11-8-17/h7-12,15-16H,3-6,13-14H2,1-2H3,(H,25,28). The van der Waals surface area contributed by atoms with Gasteiger partial charge in [0.25, 0.3) is 0 Å². The number of hydrogen-bond donors (Lipinski definition) is 1. The Morgan fingerprint density at radius 1 is 1.12 bits per heavy atom. The molecule has 4 rings (SSSR count). The van der Waals surface area contributed by atoms with Crippen LogP contribution in [0.15, 0.2) is 47.0 Å². The van der Waals surface area contributed by atoms with Gasteiger partial charge in [-0.2, -0.15) is 4.98 Å². The van der Waals surface area contributed by atoms with Gasteiger partial charge in [0.15, 0.2) is 11.5 Å². The third kappa shape index (κ3) is 5.38. The predicted molar refractivity (Wildman–Crippen MR) is 118 cm³/mol. The topological polar surface area (TPSA) is 95.7 Å². The summed E-state index contributed by atoms with van der Waals surface area (Å²) in [5, 5.41) is 7.05. The van der Waals surface area contributed by atoms with Crippen LogP contribution in [0.4, 0.5) is 0 Å². The Labute approximate surface area is 186 Å². The molecule has 1 N–H and O–H groups in total. The molecule has 1 aliphatic heterocycles. The zero-order chi connectivity index (χ0) is 22.3. The van der Waals surface area contributed by atoms with Crippen LogP contribution in [0.1, 0.15) is 43.7 Å². The van der Waals surface area contributed by atoms with E-state index in [0.717, 1.165) is 34.8 Å². The van der Waals surface area contributed by atoms with Crippen molar-refractivity contribution >= 4 is 5.91 Å². The molecule has 0 saturated heterocycles. The Kier molecular flexibility index (Phi) is 6.89. The maximum atomic E-state index is 12.4. The summed E-state index contributed by atoms with van der Waals surface area (Å²) in [6.07, 6.45) is 2.38. The minimum atomic E-state index is -0.135. The highest BCUT2D eigenvalue weighted by atomic mass is 16.5. The number of nitrogens with zero attached hydrogens (tertiary/aromatic N) is 2. The van der Waals surface area contributed by atoms with E-state index >= 15 is 0 Å². The van der Waals surface area contributed by atoms with E-state index in [1.165, 1.54) is 0 Å². The molecule has 1 amide bonds. The number of rotatable bonds is 8. The normalized spacial score (nSPS) is 13.8. The summed E-state index contributed by atoms with van der Waals surface area (Å²) in [4.78, 5) is 16.8. The van der Waals surface area contributed by atoms with Crippen LogP contribution in [-0.2, 0) is 11.2 Å². The quantitative estimate of drug-likeness (QED) is 0.567. The zero-order valence-electron chi connectivity index (χ0n) is 18.3. The number of carbonyl (C=O) groups is 1. The summed E-state index contributed by atoms with van der Waals surface area (Å²) in [6, 6.07) is 13.1. The Morgan fingerprint density at radius 3 is 2.69 bits per heavy atom. The lowest BCUT2D eigenvalue weighted by atomic mass is 10.1. The van der Waals surface area contributed by atoms with Crippen LogP contribution < -0.4 is 19.5 Å². The van der Waals surface area contributed by atoms with Crippen molar-refractivity contribution in [1.82, 2.24) is 15.5 Å². The minimum absolute atomic E-state index is 0.0282. The highest BCUT2D eigenvalue weighted by Crippen LogP contribution is 2.32. The van der Waals surface area contributed by atoms with Crippen LogP contribution >= 0.6 is 0 Å². The largest absolute Gasteiger partial charge is 0.497 e. The second-order valence-corrected chi connectivity index (χ2v) is 7.64. The van der Waals surface area contributed by atoms with Crippen molar-refractivity contribution in [3.8, 4) is 28.6 Å². The summed E-state index contributed by atoms with van der Waals surface area (Å²) in [7, 11) is 1.62. The fourth-order valence-electron chi connectivity index (χ4n) is 3.46. The molecule has 0 aliphatic carbocycles. The minimum Gasteiger partial charge on any atom is -0.497 e. The molecule has 2 heterocycles. The van der Waals surface area contributed by atoms with Crippen molar-refractivity contribution in [1.29, 1.82) is 0 Å². The molecular formula is C24H27N3O5. The molecule has 168 valence electrons. The average Bonchev–Trinajstić information content (AvgIpc) is 3.15. The van der Waals surface area contributed by atoms with Crippen molar-refractivity contribution in [2.24, 2.45) is 0 Å². The van der Waals surface area contributed by atoms with Crippen LogP contribution in [0.5, 0.6) is 17.2 Å². The highest BCUT2D eigenvalue weighted by molar-refractivity contribution is 5.76. The van der Waals surface area contributed by atoms with E-state index in [1.54, 1.807) is 7.11 Å². The molecular weight excluding hydrogens is 410 g/mol. The van der Waals surface area contributed by atoms with Crippen molar-refractivity contribution in [2.45, 2.75) is 38.6 Å². The summed E-state index contributed by atoms with van der Waals surface area (Å²) >= 11 is 0. The van der Waals surface area contributed by atoms with Gasteiger partial charge in [0.1, 0.15) is 5.75 Å². The van der Waals surface area contributed by atoms with E-state index < -0.39 is 0 Å². The first kappa shape index (κ1) is 21.7. The van der Waals surface area contributed by atoms with Crippen LogP contribution in [0.2, 0.25) is 0 Å². The van der Waals surface area contributed by atoms with E-state index in [9.17, 15) is 4.79 Å². The van der Waals surface area contributed by atoms with Crippen molar-refractivity contribution in [3.63, 3.8) is 0 Å². The lowest BCUT2D eigenvalue weighted by Gasteiger charge is -2.16. The lowest BCUT2D eigenvalue weighted by molar-refractivity contribution is -0.121. The third-order valence-electron chi connectivity index (χ3n) is 5.26. The third-order valence-corrected chi connectivity index (χ3v) is 5.26. The van der Waals surface area contributed by atoms with Gasteiger partial charge in [-0.1, -0.05) is 11.2 Å². The van der Waals surface area contributed by atoms with Gasteiger partial charge < -0.3 is 24.1 Å². The number of aromatic nitrogens is 2. The van der Waals surface area contributed by atoms with Gasteiger partial charge in [-0.05, 0) is 55.3 Å². The van der Waals surface area contributed by atoms with E-state index in [2.05, 4.69) is 15.5 Å². The van der Waals surface area contributed by atoms with Gasteiger partial charge in [0.05, 0.1) is 26.4 Å². The summed E-state index contributed by atoms with van der Waals surface area (Å²) in [5.41, 5.74) is 1.83. The monoisotopic (exact) mass is 437 g/mol. The molecule has 2 aromatic carbocycles. The number of hydrogen-bond acceptors (Lipinski definition) is 7. The first-order chi connectivity index (χ1) is 15.6. The van der Waals surface area contributed by atoms with E-state index in [4.69, 9.17) is 18.7 Å². The van der Waals surface area contributed by atoms with Crippen LogP contribution in [-0.4, -0.2) is 36.4 Å². The predicted octanol–water partition coefficient (Wildman–Crippen LogP) is 4.11. The van der Waals surface area contributed by atoms with Crippen molar-refractivity contribution in [3.05, 3.63) is 53.9 Å². The van der Waals surface area contributed by atoms with Crippen LogP contribution in [0.3, 0.4) is 0 Å². The maximum Gasteiger partial charge on any atom is 0.226 e. The van der Waals surface area contributed by atoms with E-state index in [0.29, 0.717) is 44.2 Å². The van der Waals surface area contributed by atoms with Gasteiger partial charge in [-0.15, -0.1) is 0 Å². The highest BCUT2D eigenvalue weighted by Gasteiger charge is 2.16. The van der Waals surface area contributed by atoms with E-state index in [-0.39, 0.29) is 11.9 Å². The molecule has 8 heteroatoms. The second kappa shape index (κ2) is 10.2. The molecule has 1 aromatic heterocycles. The second-order valence-electron chi connectivity index (χ2n) is 7.64. The first-order valence-electron chi connectivity index (χ1n) is 10.8. The van der Waals surface area contributed by atoms with Gasteiger partial charge in [0, 0.05) is 24.8 Å². The fourth-order valence-corrected chi connectivity index (χ4v) is 3.46. The van der Waals surface area contributed by atoms with Crippen LogP contribution in [0, 0.1) is 0 Å². The molecule has 0 radical (unpaired) electrons. The van der Waals surface area contributed by atoms with Crippen molar-refractivity contribution in [2.75, 3.05) is 20.3 Å². The Bertz CT molecular complexity index is 1050. The van der Waals surface area contributed by atoms with Gasteiger partial charge in [0.2, 0.25) is 17.6 Å². The molecule has 0 saturated carbocycles. The molecule has 0 fully saturated rings. The smallest absolute Gasteiger partial charge is 0.226 e. The van der Waals surface area contributed by atoms with Crippen molar-refractivity contribution < 1.29 is 23.5 Å².